The molecular weight excluding hydrogens is 283 g/mol. The Morgan fingerprint density at radius 2 is 1.65 bits per heavy atom. The number of hydrogen-bond acceptors (Lipinski definition) is 3. The first kappa shape index (κ1) is 17.7. The maximum absolute atomic E-state index is 11.4. The van der Waals surface area contributed by atoms with Gasteiger partial charge in [0, 0.05) is 0 Å². The SMILES string of the molecule is Cc1c2cc(C(C)C)cccc-2c(S(=O)(=O)[O-])c1C.[Na+]. The van der Waals surface area contributed by atoms with Gasteiger partial charge in [0.15, 0.2) is 0 Å². The summed E-state index contributed by atoms with van der Waals surface area (Å²) in [6.07, 6.45) is 0. The molecule has 0 atom stereocenters. The molecule has 0 unspecified atom stereocenters. The Morgan fingerprint density at radius 3 is 2.15 bits per heavy atom. The summed E-state index contributed by atoms with van der Waals surface area (Å²) in [5, 5.41) is 0. The quantitative estimate of drug-likeness (QED) is 0.597. The Hall–Kier alpha value is -0.390. The van der Waals surface area contributed by atoms with Gasteiger partial charge < -0.3 is 4.55 Å². The van der Waals surface area contributed by atoms with Gasteiger partial charge in [0.2, 0.25) is 0 Å². The summed E-state index contributed by atoms with van der Waals surface area (Å²) >= 11 is 0. The zero-order chi connectivity index (χ0) is 14.4. The Kier molecular flexibility index (Phi) is 5.44. The van der Waals surface area contributed by atoms with Crippen LogP contribution in [0, 0.1) is 13.8 Å². The number of fused-ring (bicyclic) bond motifs is 1. The van der Waals surface area contributed by atoms with Gasteiger partial charge in [-0.25, -0.2) is 8.42 Å². The molecule has 0 fully saturated rings. The van der Waals surface area contributed by atoms with Gasteiger partial charge in [-0.2, -0.15) is 0 Å². The second kappa shape index (κ2) is 6.16. The fraction of sp³-hybridized carbons (Fsp3) is 0.333. The molecule has 0 amide bonds. The minimum absolute atomic E-state index is 0. The summed E-state index contributed by atoms with van der Waals surface area (Å²) in [5.74, 6) is 0.345. The van der Waals surface area contributed by atoms with Crippen molar-refractivity contribution in [2.75, 3.05) is 0 Å². The van der Waals surface area contributed by atoms with Crippen molar-refractivity contribution in [2.24, 2.45) is 0 Å². The van der Waals surface area contributed by atoms with Crippen LogP contribution in [0.5, 0.6) is 0 Å². The third-order valence-corrected chi connectivity index (χ3v) is 4.65. The Morgan fingerprint density at radius 1 is 1.05 bits per heavy atom. The molecule has 0 aromatic rings. The van der Waals surface area contributed by atoms with Crippen LogP contribution in [0.4, 0.5) is 0 Å². The van der Waals surface area contributed by atoms with E-state index in [1.807, 2.05) is 25.1 Å². The summed E-state index contributed by atoms with van der Waals surface area (Å²) in [4.78, 5) is -0.0779. The van der Waals surface area contributed by atoms with Crippen molar-refractivity contribution < 1.29 is 42.5 Å². The normalized spacial score (nSPS) is 11.7. The Bertz CT molecular complexity index is 706. The van der Waals surface area contributed by atoms with Crippen LogP contribution in [0.2, 0.25) is 0 Å². The molecule has 2 aliphatic rings. The van der Waals surface area contributed by atoms with Gasteiger partial charge in [-0.1, -0.05) is 38.1 Å². The van der Waals surface area contributed by atoms with Crippen molar-refractivity contribution in [3.63, 3.8) is 0 Å². The molecule has 5 heteroatoms. The Balaban J connectivity index is 0.00000200. The summed E-state index contributed by atoms with van der Waals surface area (Å²) in [6, 6.07) is 7.47. The number of hydrogen-bond donors (Lipinski definition) is 0. The Labute approximate surface area is 142 Å². The van der Waals surface area contributed by atoms with E-state index in [9.17, 15) is 13.0 Å². The number of rotatable bonds is 2. The van der Waals surface area contributed by atoms with E-state index in [2.05, 4.69) is 13.8 Å². The molecular formula is C15H17NaO3S. The molecule has 2 rings (SSSR count). The predicted octanol–water partition coefficient (Wildman–Crippen LogP) is 0.440. The molecule has 0 heterocycles. The summed E-state index contributed by atoms with van der Waals surface area (Å²) < 4.78 is 34.3. The van der Waals surface area contributed by atoms with Gasteiger partial charge in [0.05, 0.1) is 4.90 Å². The van der Waals surface area contributed by atoms with Gasteiger partial charge in [-0.3, -0.25) is 0 Å². The minimum Gasteiger partial charge on any atom is -0.744 e. The van der Waals surface area contributed by atoms with Gasteiger partial charge in [-0.05, 0) is 47.6 Å². The maximum atomic E-state index is 11.4. The van der Waals surface area contributed by atoms with E-state index in [1.54, 1.807) is 13.0 Å². The van der Waals surface area contributed by atoms with Gasteiger partial charge in [-0.15, -0.1) is 0 Å². The van der Waals surface area contributed by atoms with Crippen molar-refractivity contribution in [1.29, 1.82) is 0 Å². The van der Waals surface area contributed by atoms with Crippen molar-refractivity contribution >= 4 is 10.1 Å². The van der Waals surface area contributed by atoms with Gasteiger partial charge in [0.1, 0.15) is 10.1 Å². The molecule has 0 saturated heterocycles. The predicted molar refractivity (Wildman–Crippen MR) is 74.6 cm³/mol. The van der Waals surface area contributed by atoms with E-state index in [-0.39, 0.29) is 34.5 Å². The first-order chi connectivity index (χ1) is 8.73. The second-order valence-corrected chi connectivity index (χ2v) is 6.50. The molecule has 0 radical (unpaired) electrons. The second-order valence-electron chi connectivity index (χ2n) is 5.19. The molecule has 0 aromatic carbocycles. The van der Waals surface area contributed by atoms with E-state index in [0.717, 1.165) is 16.7 Å². The van der Waals surface area contributed by atoms with Gasteiger partial charge >= 0.3 is 29.6 Å². The van der Waals surface area contributed by atoms with Crippen LogP contribution in [-0.4, -0.2) is 13.0 Å². The standard InChI is InChI=1S/C15H18O3S.Na/c1-9(2)12-6-5-7-13-14(8-12)10(3)11(4)15(13)19(16,17)18;/h5-9H,1-4H3,(H,16,17,18);/q;+1/p-1. The van der Waals surface area contributed by atoms with Crippen LogP contribution in [0.25, 0.3) is 11.1 Å². The fourth-order valence-electron chi connectivity index (χ4n) is 2.40. The zero-order valence-corrected chi connectivity index (χ0v) is 15.3. The molecule has 0 spiro atoms. The molecule has 0 aliphatic heterocycles. The average molecular weight is 300 g/mol. The molecule has 0 aromatic heterocycles. The topological polar surface area (TPSA) is 57.2 Å². The summed E-state index contributed by atoms with van der Waals surface area (Å²) in [7, 11) is -4.45. The summed E-state index contributed by atoms with van der Waals surface area (Å²) in [5.41, 5.74) is 3.92. The van der Waals surface area contributed by atoms with Crippen molar-refractivity contribution in [1.82, 2.24) is 0 Å². The largest absolute Gasteiger partial charge is 1.00 e. The first-order valence-electron chi connectivity index (χ1n) is 6.22. The molecule has 0 N–H and O–H groups in total. The third-order valence-electron chi connectivity index (χ3n) is 3.62. The fourth-order valence-corrected chi connectivity index (χ4v) is 3.38. The van der Waals surface area contributed by atoms with Gasteiger partial charge in [0.25, 0.3) is 0 Å². The van der Waals surface area contributed by atoms with E-state index < -0.39 is 10.1 Å². The summed E-state index contributed by atoms with van der Waals surface area (Å²) in [6.45, 7) is 7.71. The molecule has 3 nitrogen and oxygen atoms in total. The van der Waals surface area contributed by atoms with Crippen LogP contribution in [0.3, 0.4) is 0 Å². The van der Waals surface area contributed by atoms with Crippen molar-refractivity contribution in [3.8, 4) is 11.1 Å². The third kappa shape index (κ3) is 3.10. The van der Waals surface area contributed by atoms with Crippen LogP contribution in [0.15, 0.2) is 29.2 Å². The molecule has 102 valence electrons. The smallest absolute Gasteiger partial charge is 0.744 e. The van der Waals surface area contributed by atoms with E-state index in [1.165, 1.54) is 0 Å². The molecule has 0 bridgehead atoms. The molecule has 2 aliphatic carbocycles. The minimum atomic E-state index is -4.45. The van der Waals surface area contributed by atoms with Crippen molar-refractivity contribution in [3.05, 3.63) is 41.0 Å². The van der Waals surface area contributed by atoms with Crippen LogP contribution >= 0.6 is 0 Å². The average Bonchev–Trinajstić information content (AvgIpc) is 2.47. The molecule has 0 saturated carbocycles. The van der Waals surface area contributed by atoms with E-state index in [0.29, 0.717) is 17.0 Å². The monoisotopic (exact) mass is 300 g/mol. The van der Waals surface area contributed by atoms with E-state index in [4.69, 9.17) is 0 Å². The zero-order valence-electron chi connectivity index (χ0n) is 12.5. The van der Waals surface area contributed by atoms with E-state index >= 15 is 0 Å². The van der Waals surface area contributed by atoms with Crippen LogP contribution in [0.1, 0.15) is 36.5 Å². The first-order valence-corrected chi connectivity index (χ1v) is 7.63. The maximum Gasteiger partial charge on any atom is 1.00 e. The van der Waals surface area contributed by atoms with Crippen LogP contribution < -0.4 is 29.6 Å². The van der Waals surface area contributed by atoms with Crippen molar-refractivity contribution in [2.45, 2.75) is 38.5 Å². The van der Waals surface area contributed by atoms with Crippen LogP contribution in [-0.2, 0) is 10.1 Å². The molecule has 20 heavy (non-hydrogen) atoms.